The average molecular weight is 285 g/mol. The Labute approximate surface area is 118 Å². The third kappa shape index (κ3) is 2.94. The minimum absolute atomic E-state index is 0.257. The summed E-state index contributed by atoms with van der Waals surface area (Å²) >= 11 is 11.2. The Kier molecular flexibility index (Phi) is 4.43. The molecule has 3 nitrogen and oxygen atoms in total. The molecule has 1 unspecified atom stereocenters. The fourth-order valence-electron chi connectivity index (χ4n) is 2.39. The van der Waals surface area contributed by atoms with Crippen molar-refractivity contribution in [2.24, 2.45) is 11.7 Å². The Morgan fingerprint density at radius 2 is 2.33 bits per heavy atom. The summed E-state index contributed by atoms with van der Waals surface area (Å²) in [6, 6.07) is 5.69. The fraction of sp³-hybridized carbons (Fsp3) is 0.462. The largest absolute Gasteiger partial charge is 0.396 e. The molecule has 0 aromatic heterocycles. The number of hydrogen-bond acceptors (Lipinski definition) is 3. The standard InChI is InChI=1S/C13H17ClN2OS/c14-11-7-10(13(15)18)1-2-12(11)16-5-3-9(8-16)4-6-17/h1-2,7,9,17H,3-6,8H2,(H2,15,18). The van der Waals surface area contributed by atoms with Crippen LogP contribution in [0.3, 0.4) is 0 Å². The highest BCUT2D eigenvalue weighted by molar-refractivity contribution is 7.80. The fourth-order valence-corrected chi connectivity index (χ4v) is 2.81. The van der Waals surface area contributed by atoms with Gasteiger partial charge >= 0.3 is 0 Å². The van der Waals surface area contributed by atoms with E-state index >= 15 is 0 Å². The summed E-state index contributed by atoms with van der Waals surface area (Å²) in [5.74, 6) is 0.557. The van der Waals surface area contributed by atoms with Crippen molar-refractivity contribution < 1.29 is 5.11 Å². The van der Waals surface area contributed by atoms with Gasteiger partial charge in [-0.1, -0.05) is 23.8 Å². The second-order valence-corrected chi connectivity index (χ2v) is 5.49. The SMILES string of the molecule is NC(=S)c1ccc(N2CCC(CCO)C2)c(Cl)c1. The molecule has 0 bridgehead atoms. The average Bonchev–Trinajstić information content (AvgIpc) is 2.77. The van der Waals surface area contributed by atoms with Crippen molar-refractivity contribution in [2.45, 2.75) is 12.8 Å². The Morgan fingerprint density at radius 3 is 2.94 bits per heavy atom. The van der Waals surface area contributed by atoms with E-state index in [1.807, 2.05) is 18.2 Å². The summed E-state index contributed by atoms with van der Waals surface area (Å²) < 4.78 is 0. The molecule has 0 aliphatic carbocycles. The molecule has 0 saturated carbocycles. The van der Waals surface area contributed by atoms with E-state index in [9.17, 15) is 0 Å². The zero-order valence-corrected chi connectivity index (χ0v) is 11.7. The van der Waals surface area contributed by atoms with Gasteiger partial charge in [0.05, 0.1) is 10.7 Å². The predicted octanol–water partition coefficient (Wildman–Crippen LogP) is 2.18. The summed E-state index contributed by atoms with van der Waals surface area (Å²) in [7, 11) is 0. The number of nitrogens with two attached hydrogens (primary N) is 1. The topological polar surface area (TPSA) is 49.5 Å². The first-order valence-corrected chi connectivity index (χ1v) is 6.85. The van der Waals surface area contributed by atoms with E-state index in [0.717, 1.165) is 37.2 Å². The number of aliphatic hydroxyl groups is 1. The maximum absolute atomic E-state index is 8.96. The van der Waals surface area contributed by atoms with Crippen molar-refractivity contribution in [3.63, 3.8) is 0 Å². The molecule has 0 radical (unpaired) electrons. The minimum Gasteiger partial charge on any atom is -0.396 e. The summed E-state index contributed by atoms with van der Waals surface area (Å²) in [6.45, 7) is 2.19. The van der Waals surface area contributed by atoms with E-state index in [1.54, 1.807) is 0 Å². The molecule has 1 aromatic rings. The Hall–Kier alpha value is -0.840. The number of hydrogen-bond donors (Lipinski definition) is 2. The number of nitrogens with zero attached hydrogens (tertiary/aromatic N) is 1. The van der Waals surface area contributed by atoms with Crippen molar-refractivity contribution in [1.82, 2.24) is 0 Å². The van der Waals surface area contributed by atoms with Gasteiger partial charge in [0.15, 0.2) is 0 Å². The highest BCUT2D eigenvalue weighted by Gasteiger charge is 2.23. The number of rotatable bonds is 4. The van der Waals surface area contributed by atoms with Crippen LogP contribution in [0.2, 0.25) is 5.02 Å². The predicted molar refractivity (Wildman–Crippen MR) is 79.4 cm³/mol. The zero-order valence-electron chi connectivity index (χ0n) is 10.1. The number of benzene rings is 1. The molecular formula is C13H17ClN2OS. The van der Waals surface area contributed by atoms with Crippen molar-refractivity contribution in [1.29, 1.82) is 0 Å². The van der Waals surface area contributed by atoms with Gasteiger partial charge in [-0.15, -0.1) is 0 Å². The van der Waals surface area contributed by atoms with E-state index in [1.165, 1.54) is 0 Å². The van der Waals surface area contributed by atoms with E-state index in [-0.39, 0.29) is 6.61 Å². The number of thiocarbonyl (C=S) groups is 1. The Balaban J connectivity index is 2.12. The molecule has 3 N–H and O–H groups in total. The van der Waals surface area contributed by atoms with Gasteiger partial charge in [-0.05, 0) is 37.0 Å². The van der Waals surface area contributed by atoms with E-state index in [0.29, 0.717) is 15.9 Å². The van der Waals surface area contributed by atoms with Crippen LogP contribution in [0.25, 0.3) is 0 Å². The molecule has 0 amide bonds. The van der Waals surface area contributed by atoms with Crippen molar-refractivity contribution >= 4 is 34.5 Å². The molecule has 0 spiro atoms. The Morgan fingerprint density at radius 1 is 1.56 bits per heavy atom. The van der Waals surface area contributed by atoms with Crippen LogP contribution >= 0.6 is 23.8 Å². The van der Waals surface area contributed by atoms with Gasteiger partial charge in [0.1, 0.15) is 4.99 Å². The summed E-state index contributed by atoms with van der Waals surface area (Å²) in [6.07, 6.45) is 1.97. The van der Waals surface area contributed by atoms with Crippen LogP contribution in [0.5, 0.6) is 0 Å². The molecule has 98 valence electrons. The van der Waals surface area contributed by atoms with Crippen molar-refractivity contribution in [3.8, 4) is 0 Å². The molecule has 18 heavy (non-hydrogen) atoms. The first-order valence-electron chi connectivity index (χ1n) is 6.07. The van der Waals surface area contributed by atoms with Gasteiger partial charge in [-0.2, -0.15) is 0 Å². The van der Waals surface area contributed by atoms with Gasteiger partial charge in [0.2, 0.25) is 0 Å². The van der Waals surface area contributed by atoms with Crippen LogP contribution in [0.4, 0.5) is 5.69 Å². The first kappa shape index (κ1) is 13.6. The van der Waals surface area contributed by atoms with Gasteiger partial charge in [-0.25, -0.2) is 0 Å². The van der Waals surface area contributed by atoms with Crippen LogP contribution < -0.4 is 10.6 Å². The third-order valence-corrected chi connectivity index (χ3v) is 3.93. The van der Waals surface area contributed by atoms with Crippen LogP contribution in [0.15, 0.2) is 18.2 Å². The van der Waals surface area contributed by atoms with Gasteiger partial charge in [0.25, 0.3) is 0 Å². The Bertz CT molecular complexity index is 453. The first-order chi connectivity index (χ1) is 8.61. The van der Waals surface area contributed by atoms with Gasteiger partial charge in [-0.3, -0.25) is 0 Å². The molecule has 1 saturated heterocycles. The van der Waals surface area contributed by atoms with Crippen LogP contribution in [-0.4, -0.2) is 29.8 Å². The quantitative estimate of drug-likeness (QED) is 0.832. The minimum atomic E-state index is 0.257. The normalized spacial score (nSPS) is 19.2. The lowest BCUT2D eigenvalue weighted by Gasteiger charge is -2.20. The molecule has 1 fully saturated rings. The molecule has 1 aromatic carbocycles. The summed E-state index contributed by atoms with van der Waals surface area (Å²) in [4.78, 5) is 2.62. The summed E-state index contributed by atoms with van der Waals surface area (Å²) in [5.41, 5.74) is 7.40. The van der Waals surface area contributed by atoms with Crippen molar-refractivity contribution in [2.75, 3.05) is 24.6 Å². The number of halogens is 1. The van der Waals surface area contributed by atoms with Gasteiger partial charge < -0.3 is 15.7 Å². The maximum Gasteiger partial charge on any atom is 0.104 e. The van der Waals surface area contributed by atoms with E-state index in [2.05, 4.69) is 4.90 Å². The zero-order chi connectivity index (χ0) is 13.1. The summed E-state index contributed by atoms with van der Waals surface area (Å²) in [5, 5.41) is 9.65. The molecule has 1 heterocycles. The second-order valence-electron chi connectivity index (χ2n) is 4.64. The molecule has 5 heteroatoms. The smallest absolute Gasteiger partial charge is 0.104 e. The van der Waals surface area contributed by atoms with Crippen LogP contribution in [0.1, 0.15) is 18.4 Å². The highest BCUT2D eigenvalue weighted by atomic mass is 35.5. The van der Waals surface area contributed by atoms with E-state index < -0.39 is 0 Å². The lowest BCUT2D eigenvalue weighted by molar-refractivity contribution is 0.263. The maximum atomic E-state index is 8.96. The lowest BCUT2D eigenvalue weighted by atomic mass is 10.1. The molecule has 1 atom stereocenters. The van der Waals surface area contributed by atoms with Crippen LogP contribution in [-0.2, 0) is 0 Å². The van der Waals surface area contributed by atoms with Gasteiger partial charge in [0, 0.05) is 25.3 Å². The molecule has 1 aliphatic heterocycles. The number of aliphatic hydroxyl groups excluding tert-OH is 1. The lowest BCUT2D eigenvalue weighted by Crippen LogP contribution is -2.20. The number of anilines is 1. The van der Waals surface area contributed by atoms with Crippen LogP contribution in [0, 0.1) is 5.92 Å². The van der Waals surface area contributed by atoms with E-state index in [4.69, 9.17) is 34.7 Å². The molecule has 2 rings (SSSR count). The monoisotopic (exact) mass is 284 g/mol. The molecular weight excluding hydrogens is 268 g/mol. The highest BCUT2D eigenvalue weighted by Crippen LogP contribution is 2.32. The van der Waals surface area contributed by atoms with Crippen molar-refractivity contribution in [3.05, 3.63) is 28.8 Å². The third-order valence-electron chi connectivity index (χ3n) is 3.40. The molecule has 1 aliphatic rings. The second kappa shape index (κ2) is 5.87.